The molecular weight excluding hydrogens is 220 g/mol. The predicted molar refractivity (Wildman–Crippen MR) is 62.0 cm³/mol. The molecule has 1 saturated heterocycles. The molecule has 1 rings (SSSR count). The number of hydrogen-bond acceptors (Lipinski definition) is 4. The van der Waals surface area contributed by atoms with Crippen LogP contribution in [0.5, 0.6) is 0 Å². The zero-order valence-corrected chi connectivity index (χ0v) is 10.5. The fourth-order valence-corrected chi connectivity index (χ4v) is 1.89. The van der Waals surface area contributed by atoms with Crippen LogP contribution in [0.1, 0.15) is 26.7 Å². The molecule has 0 aliphatic carbocycles. The predicted octanol–water partition coefficient (Wildman–Crippen LogP) is 0.536. The number of rotatable bonds is 4. The molecule has 1 fully saturated rings. The second-order valence-electron chi connectivity index (χ2n) is 4.82. The van der Waals surface area contributed by atoms with E-state index in [-0.39, 0.29) is 18.6 Å². The first-order valence-electron chi connectivity index (χ1n) is 5.94. The number of carbonyl (C=O) groups excluding carboxylic acids is 1. The van der Waals surface area contributed by atoms with E-state index in [1.165, 1.54) is 0 Å². The molecule has 1 heterocycles. The van der Waals surface area contributed by atoms with Crippen molar-refractivity contribution in [2.24, 2.45) is 5.41 Å². The summed E-state index contributed by atoms with van der Waals surface area (Å²) in [5, 5.41) is 17.6. The van der Waals surface area contributed by atoms with Crippen molar-refractivity contribution in [1.29, 1.82) is 5.26 Å². The first-order chi connectivity index (χ1) is 8.01. The highest BCUT2D eigenvalue weighted by Crippen LogP contribution is 2.21. The highest BCUT2D eigenvalue weighted by Gasteiger charge is 2.34. The third-order valence-electron chi connectivity index (χ3n) is 2.99. The fourth-order valence-electron chi connectivity index (χ4n) is 1.89. The second-order valence-corrected chi connectivity index (χ2v) is 4.82. The van der Waals surface area contributed by atoms with Gasteiger partial charge in [-0.25, -0.2) is 0 Å². The molecule has 0 aromatic rings. The van der Waals surface area contributed by atoms with E-state index in [1.807, 2.05) is 6.07 Å². The molecular formula is C12H20N2O3. The average Bonchev–Trinajstić information content (AvgIpc) is 2.36. The topological polar surface area (TPSA) is 73.6 Å². The Morgan fingerprint density at radius 3 is 2.59 bits per heavy atom. The van der Waals surface area contributed by atoms with Gasteiger partial charge in [-0.15, -0.1) is 0 Å². The van der Waals surface area contributed by atoms with Gasteiger partial charge in [0, 0.05) is 13.1 Å². The number of aliphatic hydroxyl groups is 1. The van der Waals surface area contributed by atoms with Gasteiger partial charge in [-0.05, 0) is 26.7 Å². The van der Waals surface area contributed by atoms with Crippen LogP contribution in [0.4, 0.5) is 0 Å². The summed E-state index contributed by atoms with van der Waals surface area (Å²) in [7, 11) is 0. The standard InChI is InChI=1S/C12H20N2O3/c1-12(2,9-13)11(16)14-5-3-10(4-6-14)17-8-7-15/h10,15H,3-8H2,1-2H3. The molecule has 5 heteroatoms. The third-order valence-corrected chi connectivity index (χ3v) is 2.99. The molecule has 0 saturated carbocycles. The molecule has 0 atom stereocenters. The number of ether oxygens (including phenoxy) is 1. The number of hydrogen-bond donors (Lipinski definition) is 1. The van der Waals surface area contributed by atoms with Crippen LogP contribution in [0.25, 0.3) is 0 Å². The van der Waals surface area contributed by atoms with Crippen molar-refractivity contribution in [1.82, 2.24) is 4.90 Å². The van der Waals surface area contributed by atoms with Gasteiger partial charge in [-0.1, -0.05) is 0 Å². The number of likely N-dealkylation sites (tertiary alicyclic amines) is 1. The maximum atomic E-state index is 12.0. The van der Waals surface area contributed by atoms with Crippen molar-refractivity contribution < 1.29 is 14.6 Å². The molecule has 5 nitrogen and oxygen atoms in total. The fraction of sp³-hybridized carbons (Fsp3) is 0.833. The van der Waals surface area contributed by atoms with Crippen LogP contribution in [0.15, 0.2) is 0 Å². The number of nitrogens with zero attached hydrogens (tertiary/aromatic N) is 2. The van der Waals surface area contributed by atoms with E-state index in [0.29, 0.717) is 19.7 Å². The van der Waals surface area contributed by atoms with Crippen LogP contribution in [0.3, 0.4) is 0 Å². The largest absolute Gasteiger partial charge is 0.394 e. The van der Waals surface area contributed by atoms with Gasteiger partial charge in [-0.3, -0.25) is 4.79 Å². The van der Waals surface area contributed by atoms with Crippen molar-refractivity contribution in [3.63, 3.8) is 0 Å². The minimum atomic E-state index is -0.946. The number of amides is 1. The van der Waals surface area contributed by atoms with E-state index >= 15 is 0 Å². The summed E-state index contributed by atoms with van der Waals surface area (Å²) in [6, 6.07) is 2.03. The number of nitriles is 1. The van der Waals surface area contributed by atoms with Gasteiger partial charge in [0.1, 0.15) is 5.41 Å². The highest BCUT2D eigenvalue weighted by molar-refractivity contribution is 5.84. The Balaban J connectivity index is 2.42. The van der Waals surface area contributed by atoms with Crippen molar-refractivity contribution in [2.75, 3.05) is 26.3 Å². The molecule has 0 aromatic heterocycles. The lowest BCUT2D eigenvalue weighted by Crippen LogP contribution is -2.46. The second kappa shape index (κ2) is 5.99. The van der Waals surface area contributed by atoms with Crippen LogP contribution < -0.4 is 0 Å². The molecule has 96 valence electrons. The Kier molecular flexibility index (Phi) is 4.91. The molecule has 0 spiro atoms. The van der Waals surface area contributed by atoms with Crippen LogP contribution >= 0.6 is 0 Å². The first-order valence-corrected chi connectivity index (χ1v) is 5.94. The van der Waals surface area contributed by atoms with Gasteiger partial charge in [0.15, 0.2) is 0 Å². The maximum Gasteiger partial charge on any atom is 0.242 e. The van der Waals surface area contributed by atoms with Crippen LogP contribution in [-0.2, 0) is 9.53 Å². The molecule has 1 aliphatic rings. The molecule has 0 bridgehead atoms. The van der Waals surface area contributed by atoms with Gasteiger partial charge in [0.2, 0.25) is 5.91 Å². The zero-order chi connectivity index (χ0) is 12.9. The van der Waals surface area contributed by atoms with Gasteiger partial charge in [0.05, 0.1) is 25.4 Å². The van der Waals surface area contributed by atoms with Gasteiger partial charge >= 0.3 is 0 Å². The number of aliphatic hydroxyl groups excluding tert-OH is 1. The minimum Gasteiger partial charge on any atom is -0.394 e. The summed E-state index contributed by atoms with van der Waals surface area (Å²) < 4.78 is 5.42. The van der Waals surface area contributed by atoms with Crippen molar-refractivity contribution in [3.05, 3.63) is 0 Å². The lowest BCUT2D eigenvalue weighted by molar-refractivity contribution is -0.140. The number of carbonyl (C=O) groups is 1. The van der Waals surface area contributed by atoms with Crippen LogP contribution in [0, 0.1) is 16.7 Å². The maximum absolute atomic E-state index is 12.0. The highest BCUT2D eigenvalue weighted by atomic mass is 16.5. The Bertz CT molecular complexity index is 301. The summed E-state index contributed by atoms with van der Waals surface area (Å²) in [6.07, 6.45) is 1.66. The lowest BCUT2D eigenvalue weighted by Gasteiger charge is -2.34. The molecule has 0 aromatic carbocycles. The van der Waals surface area contributed by atoms with E-state index in [2.05, 4.69) is 0 Å². The number of piperidine rings is 1. The first kappa shape index (κ1) is 13.9. The molecule has 1 amide bonds. The van der Waals surface area contributed by atoms with Crippen LogP contribution in [0.2, 0.25) is 0 Å². The molecule has 17 heavy (non-hydrogen) atoms. The van der Waals surface area contributed by atoms with E-state index in [1.54, 1.807) is 18.7 Å². The molecule has 0 unspecified atom stereocenters. The minimum absolute atomic E-state index is 0.0284. The third kappa shape index (κ3) is 3.69. The Labute approximate surface area is 102 Å². The van der Waals surface area contributed by atoms with Crippen LogP contribution in [-0.4, -0.2) is 48.3 Å². The van der Waals surface area contributed by atoms with E-state index in [9.17, 15) is 4.79 Å². The van der Waals surface area contributed by atoms with Gasteiger partial charge < -0.3 is 14.7 Å². The molecule has 1 aliphatic heterocycles. The monoisotopic (exact) mass is 240 g/mol. The van der Waals surface area contributed by atoms with E-state index in [4.69, 9.17) is 15.1 Å². The van der Waals surface area contributed by atoms with Crippen molar-refractivity contribution >= 4 is 5.91 Å². The zero-order valence-electron chi connectivity index (χ0n) is 10.5. The Hall–Kier alpha value is -1.12. The summed E-state index contributed by atoms with van der Waals surface area (Å²) in [5.41, 5.74) is -0.946. The molecule has 0 radical (unpaired) electrons. The molecule has 1 N–H and O–H groups in total. The van der Waals surface area contributed by atoms with Gasteiger partial charge in [0.25, 0.3) is 0 Å². The summed E-state index contributed by atoms with van der Waals surface area (Å²) >= 11 is 0. The smallest absolute Gasteiger partial charge is 0.242 e. The normalized spacial score (nSPS) is 17.9. The SMILES string of the molecule is CC(C)(C#N)C(=O)N1CCC(OCCO)CC1. The van der Waals surface area contributed by atoms with E-state index < -0.39 is 5.41 Å². The average molecular weight is 240 g/mol. The summed E-state index contributed by atoms with van der Waals surface area (Å²) in [5.74, 6) is -0.111. The summed E-state index contributed by atoms with van der Waals surface area (Å²) in [6.45, 7) is 4.91. The van der Waals surface area contributed by atoms with Gasteiger partial charge in [-0.2, -0.15) is 5.26 Å². The Morgan fingerprint density at radius 2 is 2.12 bits per heavy atom. The van der Waals surface area contributed by atoms with Crippen molar-refractivity contribution in [3.8, 4) is 6.07 Å². The van der Waals surface area contributed by atoms with E-state index in [0.717, 1.165) is 12.8 Å². The Morgan fingerprint density at radius 1 is 1.53 bits per heavy atom. The van der Waals surface area contributed by atoms with Crippen molar-refractivity contribution in [2.45, 2.75) is 32.8 Å². The summed E-state index contributed by atoms with van der Waals surface area (Å²) in [4.78, 5) is 13.7. The quantitative estimate of drug-likeness (QED) is 0.778. The lowest BCUT2D eigenvalue weighted by atomic mass is 9.92.